The molecule has 26 heavy (non-hydrogen) atoms. The first-order valence-electron chi connectivity index (χ1n) is 8.27. The van der Waals surface area contributed by atoms with E-state index in [2.05, 4.69) is 10.5 Å². The predicted molar refractivity (Wildman–Crippen MR) is 105 cm³/mol. The van der Waals surface area contributed by atoms with Gasteiger partial charge >= 0.3 is 0 Å². The molecule has 0 bridgehead atoms. The molecule has 0 aliphatic rings. The zero-order valence-corrected chi connectivity index (χ0v) is 15.5. The molecule has 1 amide bonds. The van der Waals surface area contributed by atoms with Crippen LogP contribution in [0.15, 0.2) is 77.9 Å². The van der Waals surface area contributed by atoms with Crippen LogP contribution in [0.1, 0.15) is 27.8 Å². The Kier molecular flexibility index (Phi) is 5.30. The Morgan fingerprint density at radius 2 is 1.50 bits per heavy atom. The smallest absolute Gasteiger partial charge is 0.281 e. The second-order valence-corrected chi connectivity index (χ2v) is 7.28. The molecule has 0 saturated carbocycles. The maximum absolute atomic E-state index is 12.9. The molecule has 0 aliphatic heterocycles. The Morgan fingerprint density at radius 3 is 1.96 bits per heavy atom. The lowest BCUT2D eigenvalue weighted by Gasteiger charge is -2.27. The number of nitrogens with one attached hydrogen (secondary N) is 1. The average Bonchev–Trinajstić information content (AvgIpc) is 3.13. The molecule has 0 spiro atoms. The fourth-order valence-electron chi connectivity index (χ4n) is 2.69. The van der Waals surface area contributed by atoms with Crippen LogP contribution in [0.2, 0.25) is 0 Å². The molecule has 132 valence electrons. The maximum atomic E-state index is 12.9. The van der Waals surface area contributed by atoms with E-state index in [1.165, 1.54) is 4.88 Å². The van der Waals surface area contributed by atoms with Crippen molar-refractivity contribution in [2.45, 2.75) is 19.4 Å². The van der Waals surface area contributed by atoms with E-state index in [0.717, 1.165) is 4.88 Å². The molecule has 0 fully saturated rings. The third-order valence-electron chi connectivity index (χ3n) is 4.13. The van der Waals surface area contributed by atoms with Crippen molar-refractivity contribution >= 4 is 23.0 Å². The van der Waals surface area contributed by atoms with Gasteiger partial charge in [-0.25, -0.2) is 5.43 Å². The Bertz CT molecular complexity index is 878. The summed E-state index contributed by atoms with van der Waals surface area (Å²) in [5.74, 6) is -0.595. The molecule has 4 nitrogen and oxygen atoms in total. The summed E-state index contributed by atoms with van der Waals surface area (Å²) in [6, 6.07) is 21.7. The molecule has 0 aliphatic carbocycles. The maximum Gasteiger partial charge on any atom is 0.281 e. The van der Waals surface area contributed by atoms with E-state index in [9.17, 15) is 9.90 Å². The number of carbonyl (C=O) groups is 1. The minimum atomic E-state index is -1.82. The van der Waals surface area contributed by atoms with E-state index in [1.807, 2.05) is 38.1 Å². The molecule has 3 aromatic rings. The van der Waals surface area contributed by atoms with Gasteiger partial charge in [0.1, 0.15) is 0 Å². The molecule has 1 heterocycles. The highest BCUT2D eigenvalue weighted by Gasteiger charge is 2.39. The second kappa shape index (κ2) is 7.64. The molecule has 0 radical (unpaired) electrons. The lowest BCUT2D eigenvalue weighted by atomic mass is 9.85. The number of benzene rings is 2. The van der Waals surface area contributed by atoms with Crippen molar-refractivity contribution in [3.8, 4) is 0 Å². The first-order chi connectivity index (χ1) is 12.5. The number of carbonyl (C=O) groups excluding carboxylic acids is 1. The number of rotatable bonds is 5. The summed E-state index contributed by atoms with van der Waals surface area (Å²) >= 11 is 1.60. The van der Waals surface area contributed by atoms with E-state index >= 15 is 0 Å². The first-order valence-corrected chi connectivity index (χ1v) is 9.08. The SMILES string of the molecule is CC(=NNC(=O)C(O)(c1ccccc1)c1ccccc1)c1ccc(C)s1. The van der Waals surface area contributed by atoms with Gasteiger partial charge < -0.3 is 5.11 Å². The fraction of sp³-hybridized carbons (Fsp3) is 0.143. The number of aliphatic hydroxyl groups is 1. The van der Waals surface area contributed by atoms with Crippen LogP contribution < -0.4 is 5.43 Å². The third kappa shape index (κ3) is 3.59. The van der Waals surface area contributed by atoms with E-state index < -0.39 is 11.5 Å². The summed E-state index contributed by atoms with van der Waals surface area (Å²) in [4.78, 5) is 15.1. The monoisotopic (exact) mass is 364 g/mol. The summed E-state index contributed by atoms with van der Waals surface area (Å²) in [6.45, 7) is 3.85. The first kappa shape index (κ1) is 18.0. The summed E-state index contributed by atoms with van der Waals surface area (Å²) < 4.78 is 0. The van der Waals surface area contributed by atoms with E-state index in [4.69, 9.17) is 0 Å². The molecule has 0 saturated heterocycles. The summed E-state index contributed by atoms with van der Waals surface area (Å²) in [7, 11) is 0. The number of hydrogen-bond donors (Lipinski definition) is 2. The van der Waals surface area contributed by atoms with Gasteiger partial charge in [-0.15, -0.1) is 11.3 Å². The molecule has 0 atom stereocenters. The van der Waals surface area contributed by atoms with Gasteiger partial charge in [0, 0.05) is 4.88 Å². The normalized spacial score (nSPS) is 12.0. The van der Waals surface area contributed by atoms with Gasteiger partial charge in [0.15, 0.2) is 5.60 Å². The number of thiophene rings is 1. The van der Waals surface area contributed by atoms with Crippen LogP contribution in [-0.4, -0.2) is 16.7 Å². The number of nitrogens with zero attached hydrogens (tertiary/aromatic N) is 1. The van der Waals surface area contributed by atoms with Crippen molar-refractivity contribution < 1.29 is 9.90 Å². The minimum absolute atomic E-state index is 0.489. The fourth-order valence-corrected chi connectivity index (χ4v) is 3.50. The molecule has 5 heteroatoms. The highest BCUT2D eigenvalue weighted by atomic mass is 32.1. The van der Waals surface area contributed by atoms with Gasteiger partial charge in [0.2, 0.25) is 0 Å². The predicted octanol–water partition coefficient (Wildman–Crippen LogP) is 3.83. The quantitative estimate of drug-likeness (QED) is 0.534. The van der Waals surface area contributed by atoms with E-state index in [1.54, 1.807) is 59.9 Å². The molecule has 2 N–H and O–H groups in total. The van der Waals surface area contributed by atoms with E-state index in [-0.39, 0.29) is 0 Å². The molecule has 3 rings (SSSR count). The van der Waals surface area contributed by atoms with E-state index in [0.29, 0.717) is 16.8 Å². The van der Waals surface area contributed by atoms with Gasteiger partial charge in [-0.2, -0.15) is 5.10 Å². The topological polar surface area (TPSA) is 61.7 Å². The number of hydrazone groups is 1. The molecular weight excluding hydrogens is 344 g/mol. The van der Waals surface area contributed by atoms with Crippen LogP contribution in [0.4, 0.5) is 0 Å². The molecule has 1 aromatic heterocycles. The standard InChI is InChI=1S/C21H20N2O2S/c1-15-13-14-19(26-15)16(2)22-23-20(24)21(25,17-9-5-3-6-10-17)18-11-7-4-8-12-18/h3-14,25H,1-2H3,(H,23,24). The number of amides is 1. The second-order valence-electron chi connectivity index (χ2n) is 5.99. The average molecular weight is 364 g/mol. The van der Waals surface area contributed by atoms with Gasteiger partial charge in [-0.3, -0.25) is 4.79 Å². The molecule has 2 aromatic carbocycles. The van der Waals surface area contributed by atoms with Crippen LogP contribution in [-0.2, 0) is 10.4 Å². The van der Waals surface area contributed by atoms with Crippen molar-refractivity contribution in [3.05, 3.63) is 93.7 Å². The van der Waals surface area contributed by atoms with Gasteiger partial charge in [-0.1, -0.05) is 60.7 Å². The molecular formula is C21H20N2O2S. The van der Waals surface area contributed by atoms with Crippen molar-refractivity contribution in [3.63, 3.8) is 0 Å². The van der Waals surface area contributed by atoms with Crippen molar-refractivity contribution in [1.29, 1.82) is 0 Å². The summed E-state index contributed by atoms with van der Waals surface area (Å²) in [5.41, 5.74) is 2.38. The van der Waals surface area contributed by atoms with Crippen LogP contribution in [0.5, 0.6) is 0 Å². The van der Waals surface area contributed by atoms with Crippen molar-refractivity contribution in [1.82, 2.24) is 5.43 Å². The highest BCUT2D eigenvalue weighted by Crippen LogP contribution is 2.29. The lowest BCUT2D eigenvalue weighted by molar-refractivity contribution is -0.136. The van der Waals surface area contributed by atoms with Crippen LogP contribution in [0.3, 0.4) is 0 Å². The summed E-state index contributed by atoms with van der Waals surface area (Å²) in [6.07, 6.45) is 0. The Labute approximate surface area is 156 Å². The van der Waals surface area contributed by atoms with Gasteiger partial charge in [0.05, 0.1) is 10.6 Å². The minimum Gasteiger partial charge on any atom is -0.372 e. The van der Waals surface area contributed by atoms with Crippen LogP contribution in [0.25, 0.3) is 0 Å². The highest BCUT2D eigenvalue weighted by molar-refractivity contribution is 7.14. The zero-order chi connectivity index (χ0) is 18.6. The van der Waals surface area contributed by atoms with Gasteiger partial charge in [-0.05, 0) is 37.1 Å². The number of hydrogen-bond acceptors (Lipinski definition) is 4. The van der Waals surface area contributed by atoms with Crippen molar-refractivity contribution in [2.24, 2.45) is 5.10 Å². The van der Waals surface area contributed by atoms with Crippen LogP contribution in [0, 0.1) is 6.92 Å². The largest absolute Gasteiger partial charge is 0.372 e. The Balaban J connectivity index is 1.94. The van der Waals surface area contributed by atoms with Gasteiger partial charge in [0.25, 0.3) is 5.91 Å². The lowest BCUT2D eigenvalue weighted by Crippen LogP contribution is -2.43. The third-order valence-corrected chi connectivity index (χ3v) is 5.24. The zero-order valence-electron chi connectivity index (χ0n) is 14.6. The Morgan fingerprint density at radius 1 is 0.962 bits per heavy atom. The number of aryl methyl sites for hydroxylation is 1. The summed E-state index contributed by atoms with van der Waals surface area (Å²) in [5, 5.41) is 15.5. The molecule has 0 unspecified atom stereocenters. The Hall–Kier alpha value is -2.76. The van der Waals surface area contributed by atoms with Crippen LogP contribution >= 0.6 is 11.3 Å². The van der Waals surface area contributed by atoms with Crippen molar-refractivity contribution in [2.75, 3.05) is 0 Å².